The summed E-state index contributed by atoms with van der Waals surface area (Å²) >= 11 is 6.15. The van der Waals surface area contributed by atoms with E-state index in [0.29, 0.717) is 5.38 Å². The molecule has 0 spiro atoms. The topological polar surface area (TPSA) is 0 Å². The molecule has 1 aliphatic rings. The quantitative estimate of drug-likeness (QED) is 0.532. The van der Waals surface area contributed by atoms with Crippen LogP contribution in [0.2, 0.25) is 0 Å². The highest BCUT2D eigenvalue weighted by atomic mass is 35.5. The molecule has 1 heteroatoms. The molecular formula is C10H19Cl. The zero-order chi connectivity index (χ0) is 8.43. The van der Waals surface area contributed by atoms with Crippen molar-refractivity contribution in [1.29, 1.82) is 0 Å². The molecule has 0 nitrogen and oxygen atoms in total. The van der Waals surface area contributed by atoms with E-state index in [4.69, 9.17) is 11.6 Å². The van der Waals surface area contributed by atoms with Gasteiger partial charge in [-0.2, -0.15) is 0 Å². The highest BCUT2D eigenvalue weighted by Gasteiger charge is 2.30. The van der Waals surface area contributed by atoms with E-state index >= 15 is 0 Å². The van der Waals surface area contributed by atoms with Crippen LogP contribution in [0.15, 0.2) is 0 Å². The summed E-state index contributed by atoms with van der Waals surface area (Å²) in [5.41, 5.74) is 0. The molecule has 0 aliphatic heterocycles. The average molecular weight is 175 g/mol. The number of halogens is 1. The van der Waals surface area contributed by atoms with Crippen LogP contribution in [-0.4, -0.2) is 5.38 Å². The molecule has 3 atom stereocenters. The molecule has 0 aromatic rings. The largest absolute Gasteiger partial charge is 0.123 e. The van der Waals surface area contributed by atoms with Gasteiger partial charge < -0.3 is 0 Å². The predicted molar refractivity (Wildman–Crippen MR) is 51.0 cm³/mol. The number of alkyl halides is 1. The molecular weight excluding hydrogens is 156 g/mol. The van der Waals surface area contributed by atoms with Crippen LogP contribution < -0.4 is 0 Å². The third-order valence-corrected chi connectivity index (χ3v) is 3.45. The molecule has 1 rings (SSSR count). The summed E-state index contributed by atoms with van der Waals surface area (Å²) < 4.78 is 0. The van der Waals surface area contributed by atoms with Crippen molar-refractivity contribution in [3.8, 4) is 0 Å². The number of hydrogen-bond acceptors (Lipinski definition) is 0. The summed E-state index contributed by atoms with van der Waals surface area (Å²) in [6.07, 6.45) is 4.17. The van der Waals surface area contributed by atoms with Gasteiger partial charge in [0.25, 0.3) is 0 Å². The fourth-order valence-corrected chi connectivity index (χ4v) is 3.11. The molecule has 0 saturated heterocycles. The number of hydrogen-bond donors (Lipinski definition) is 0. The Hall–Kier alpha value is 0.290. The van der Waals surface area contributed by atoms with Crippen molar-refractivity contribution in [2.75, 3.05) is 0 Å². The lowest BCUT2D eigenvalue weighted by Crippen LogP contribution is -2.30. The molecule has 0 radical (unpaired) electrons. The molecule has 0 N–H and O–H groups in total. The van der Waals surface area contributed by atoms with Crippen LogP contribution >= 0.6 is 11.6 Å². The third kappa shape index (κ3) is 2.11. The summed E-state index contributed by atoms with van der Waals surface area (Å²) in [5.74, 6) is 2.43. The van der Waals surface area contributed by atoms with Crippen LogP contribution in [0.1, 0.15) is 40.0 Å². The van der Waals surface area contributed by atoms with Crippen LogP contribution in [0.4, 0.5) is 0 Å². The fraction of sp³-hybridized carbons (Fsp3) is 1.00. The second kappa shape index (κ2) is 3.80. The van der Waals surface area contributed by atoms with Gasteiger partial charge in [-0.3, -0.25) is 0 Å². The van der Waals surface area contributed by atoms with Crippen LogP contribution in [-0.2, 0) is 0 Å². The summed E-state index contributed by atoms with van der Waals surface area (Å²) in [4.78, 5) is 0. The second-order valence-corrected chi connectivity index (χ2v) is 4.83. The van der Waals surface area contributed by atoms with Crippen LogP contribution in [0.5, 0.6) is 0 Å². The second-order valence-electron chi connectivity index (χ2n) is 4.14. The van der Waals surface area contributed by atoms with Crippen molar-refractivity contribution in [1.82, 2.24) is 0 Å². The molecule has 0 aromatic carbocycles. The Morgan fingerprint density at radius 1 is 1.18 bits per heavy atom. The molecule has 11 heavy (non-hydrogen) atoms. The van der Waals surface area contributed by atoms with Gasteiger partial charge in [-0.25, -0.2) is 0 Å². The lowest BCUT2D eigenvalue weighted by molar-refractivity contribution is 0.177. The van der Waals surface area contributed by atoms with Crippen LogP contribution in [0.3, 0.4) is 0 Å². The molecule has 1 fully saturated rings. The maximum atomic E-state index is 6.15. The van der Waals surface area contributed by atoms with Gasteiger partial charge >= 0.3 is 0 Å². The van der Waals surface area contributed by atoms with Gasteiger partial charge in [0, 0.05) is 5.38 Å². The zero-order valence-corrected chi connectivity index (χ0v) is 8.56. The molecule has 3 unspecified atom stereocenters. The summed E-state index contributed by atoms with van der Waals surface area (Å²) in [6, 6.07) is 0. The lowest BCUT2D eigenvalue weighted by Gasteiger charge is -2.36. The Labute approximate surface area is 75.3 Å². The highest BCUT2D eigenvalue weighted by molar-refractivity contribution is 6.20. The molecule has 0 amide bonds. The first kappa shape index (κ1) is 9.38. The van der Waals surface area contributed by atoms with Crippen molar-refractivity contribution in [3.05, 3.63) is 0 Å². The normalized spacial score (nSPS) is 42.0. The van der Waals surface area contributed by atoms with Gasteiger partial charge in [0.2, 0.25) is 0 Å². The molecule has 66 valence electrons. The van der Waals surface area contributed by atoms with Crippen molar-refractivity contribution in [2.45, 2.75) is 45.4 Å². The third-order valence-electron chi connectivity index (χ3n) is 3.16. The fourth-order valence-electron chi connectivity index (χ4n) is 2.61. The minimum atomic E-state index is 0.361. The Morgan fingerprint density at radius 2 is 1.64 bits per heavy atom. The van der Waals surface area contributed by atoms with Gasteiger partial charge in [0.1, 0.15) is 0 Å². The van der Waals surface area contributed by atoms with Crippen LogP contribution in [0, 0.1) is 17.8 Å². The van der Waals surface area contributed by atoms with Gasteiger partial charge in [-0.1, -0.05) is 33.1 Å². The van der Waals surface area contributed by atoms with Gasteiger partial charge in [-0.05, 0) is 24.7 Å². The monoisotopic (exact) mass is 174 g/mol. The Balaban J connectivity index is 2.55. The van der Waals surface area contributed by atoms with E-state index in [1.54, 1.807) is 0 Å². The molecule has 1 aliphatic carbocycles. The summed E-state index contributed by atoms with van der Waals surface area (Å²) in [6.45, 7) is 6.84. The maximum Gasteiger partial charge on any atom is 0.0341 e. The summed E-state index contributed by atoms with van der Waals surface area (Å²) in [7, 11) is 0. The van der Waals surface area contributed by atoms with E-state index in [9.17, 15) is 0 Å². The highest BCUT2D eigenvalue weighted by Crippen LogP contribution is 2.38. The first-order valence-electron chi connectivity index (χ1n) is 4.77. The average Bonchev–Trinajstić information content (AvgIpc) is 1.85. The van der Waals surface area contributed by atoms with E-state index in [-0.39, 0.29) is 0 Å². The molecule has 0 heterocycles. The molecule has 0 aromatic heterocycles. The zero-order valence-electron chi connectivity index (χ0n) is 7.81. The SMILES string of the molecule is CC(Cl)C1C(C)CCCC1C. The maximum absolute atomic E-state index is 6.15. The van der Waals surface area contributed by atoms with E-state index in [2.05, 4.69) is 20.8 Å². The van der Waals surface area contributed by atoms with Gasteiger partial charge in [0.15, 0.2) is 0 Å². The molecule has 0 bridgehead atoms. The predicted octanol–water partition coefficient (Wildman–Crippen LogP) is 3.69. The summed E-state index contributed by atoms with van der Waals surface area (Å²) in [5, 5.41) is 0.361. The Morgan fingerprint density at radius 3 is 1.91 bits per heavy atom. The van der Waals surface area contributed by atoms with Crippen LogP contribution in [0.25, 0.3) is 0 Å². The number of rotatable bonds is 1. The van der Waals surface area contributed by atoms with Crippen molar-refractivity contribution >= 4 is 11.6 Å². The Kier molecular flexibility index (Phi) is 3.24. The first-order chi connectivity index (χ1) is 5.13. The first-order valence-corrected chi connectivity index (χ1v) is 5.20. The standard InChI is InChI=1S/C10H19Cl/c1-7-5-4-6-8(2)10(7)9(3)11/h7-10H,4-6H2,1-3H3. The smallest absolute Gasteiger partial charge is 0.0341 e. The Bertz CT molecular complexity index is 110. The lowest BCUT2D eigenvalue weighted by atomic mass is 9.72. The minimum Gasteiger partial charge on any atom is -0.123 e. The van der Waals surface area contributed by atoms with Crippen molar-refractivity contribution < 1.29 is 0 Å². The van der Waals surface area contributed by atoms with Crippen molar-refractivity contribution in [3.63, 3.8) is 0 Å². The van der Waals surface area contributed by atoms with E-state index in [1.165, 1.54) is 19.3 Å². The molecule has 1 saturated carbocycles. The minimum absolute atomic E-state index is 0.361. The van der Waals surface area contributed by atoms with E-state index in [1.807, 2.05) is 0 Å². The van der Waals surface area contributed by atoms with Gasteiger partial charge in [0.05, 0.1) is 0 Å². The van der Waals surface area contributed by atoms with E-state index < -0.39 is 0 Å². The van der Waals surface area contributed by atoms with E-state index in [0.717, 1.165) is 17.8 Å². The van der Waals surface area contributed by atoms with Crippen molar-refractivity contribution in [2.24, 2.45) is 17.8 Å². The van der Waals surface area contributed by atoms with Gasteiger partial charge in [-0.15, -0.1) is 11.6 Å².